The molecule has 0 aromatic heterocycles. The molecule has 5 heteroatoms. The molecule has 1 heterocycles. The average Bonchev–Trinajstić information content (AvgIpc) is 3.17. The molecule has 21 heavy (non-hydrogen) atoms. The Morgan fingerprint density at radius 2 is 1.90 bits per heavy atom. The second-order valence-electron chi connectivity index (χ2n) is 6.32. The third kappa shape index (κ3) is 3.20. The second kappa shape index (κ2) is 5.79. The first-order chi connectivity index (χ1) is 9.95. The molecular weight excluding hydrogens is 307 g/mol. The molecule has 2 N–H and O–H groups in total. The van der Waals surface area contributed by atoms with Gasteiger partial charge in [-0.05, 0) is 55.9 Å². The zero-order valence-electron chi connectivity index (χ0n) is 12.1. The van der Waals surface area contributed by atoms with Crippen LogP contribution in [-0.4, -0.2) is 29.4 Å². The van der Waals surface area contributed by atoms with E-state index in [0.29, 0.717) is 10.0 Å². The number of benzene rings is 1. The van der Waals surface area contributed by atoms with E-state index >= 15 is 0 Å². The largest absolute Gasteiger partial charge is 0.340 e. The van der Waals surface area contributed by atoms with Gasteiger partial charge in [0.1, 0.15) is 0 Å². The summed E-state index contributed by atoms with van der Waals surface area (Å²) in [5, 5.41) is 1.26. The topological polar surface area (TPSA) is 46.3 Å². The molecule has 1 aromatic rings. The first kappa shape index (κ1) is 15.1. The van der Waals surface area contributed by atoms with Crippen LogP contribution in [0.25, 0.3) is 0 Å². The van der Waals surface area contributed by atoms with Crippen LogP contribution in [0, 0.1) is 5.92 Å². The molecule has 3 nitrogen and oxygen atoms in total. The molecule has 4 atom stereocenters. The van der Waals surface area contributed by atoms with Crippen molar-refractivity contribution in [2.24, 2.45) is 11.7 Å². The summed E-state index contributed by atoms with van der Waals surface area (Å²) in [6, 6.07) is 6.03. The van der Waals surface area contributed by atoms with Crippen LogP contribution in [0.2, 0.25) is 10.0 Å². The van der Waals surface area contributed by atoms with Crippen molar-refractivity contribution in [2.45, 2.75) is 44.2 Å². The van der Waals surface area contributed by atoms with E-state index in [1.165, 1.54) is 0 Å². The predicted octanol–water partition coefficient (Wildman–Crippen LogP) is 3.44. The van der Waals surface area contributed by atoms with Crippen molar-refractivity contribution in [3.8, 4) is 0 Å². The maximum atomic E-state index is 12.7. The van der Waals surface area contributed by atoms with Crippen molar-refractivity contribution in [1.82, 2.24) is 4.90 Å². The number of halogens is 2. The van der Waals surface area contributed by atoms with Gasteiger partial charge in [0.2, 0.25) is 5.91 Å². The van der Waals surface area contributed by atoms with Crippen molar-refractivity contribution in [2.75, 3.05) is 6.54 Å². The van der Waals surface area contributed by atoms with Crippen LogP contribution < -0.4 is 5.73 Å². The standard InChI is InChI=1S/C16H20Cl2N2O/c1-9-4-13(19)2-3-20(9)16(21)15-8-14(15)10-5-11(17)7-12(18)6-10/h5-7,9,13-15H,2-4,8,19H2,1H3/t9-,13-,14-,15+/m1/s1. The number of rotatable bonds is 2. The maximum absolute atomic E-state index is 12.7. The minimum Gasteiger partial charge on any atom is -0.340 e. The Kier molecular flexibility index (Phi) is 4.17. The van der Waals surface area contributed by atoms with Gasteiger partial charge in [-0.2, -0.15) is 0 Å². The van der Waals surface area contributed by atoms with Gasteiger partial charge in [0, 0.05) is 34.6 Å². The molecule has 114 valence electrons. The Bertz CT molecular complexity index is 543. The Morgan fingerprint density at radius 1 is 1.24 bits per heavy atom. The summed E-state index contributed by atoms with van der Waals surface area (Å²) in [6.07, 6.45) is 2.69. The lowest BCUT2D eigenvalue weighted by atomic mass is 9.98. The van der Waals surface area contributed by atoms with Crippen LogP contribution in [-0.2, 0) is 4.79 Å². The van der Waals surface area contributed by atoms with Crippen molar-refractivity contribution >= 4 is 29.1 Å². The van der Waals surface area contributed by atoms with Crippen LogP contribution in [0.5, 0.6) is 0 Å². The highest BCUT2D eigenvalue weighted by Crippen LogP contribution is 2.49. The van der Waals surface area contributed by atoms with Crippen LogP contribution in [0.3, 0.4) is 0 Å². The number of amides is 1. The molecule has 1 aliphatic carbocycles. The lowest BCUT2D eigenvalue weighted by molar-refractivity contribution is -0.136. The number of nitrogens with two attached hydrogens (primary N) is 1. The van der Waals surface area contributed by atoms with Gasteiger partial charge in [-0.15, -0.1) is 0 Å². The number of hydrogen-bond donors (Lipinski definition) is 1. The fourth-order valence-corrected chi connectivity index (χ4v) is 3.92. The van der Waals surface area contributed by atoms with Gasteiger partial charge >= 0.3 is 0 Å². The quantitative estimate of drug-likeness (QED) is 0.904. The highest BCUT2D eigenvalue weighted by atomic mass is 35.5. The van der Waals surface area contributed by atoms with Crippen LogP contribution in [0.1, 0.15) is 37.7 Å². The summed E-state index contributed by atoms with van der Waals surface area (Å²) in [6.45, 7) is 2.87. The molecule has 2 aliphatic rings. The van der Waals surface area contributed by atoms with E-state index in [1.807, 2.05) is 17.0 Å². The molecule has 1 aliphatic heterocycles. The number of likely N-dealkylation sites (tertiary alicyclic amines) is 1. The van der Waals surface area contributed by atoms with Crippen molar-refractivity contribution in [3.05, 3.63) is 33.8 Å². The van der Waals surface area contributed by atoms with Gasteiger partial charge < -0.3 is 10.6 Å². The zero-order valence-corrected chi connectivity index (χ0v) is 13.6. The number of nitrogens with zero attached hydrogens (tertiary/aromatic N) is 1. The molecule has 0 radical (unpaired) electrons. The Morgan fingerprint density at radius 3 is 2.52 bits per heavy atom. The Labute approximate surface area is 135 Å². The van der Waals surface area contributed by atoms with Crippen LogP contribution >= 0.6 is 23.2 Å². The summed E-state index contributed by atoms with van der Waals surface area (Å²) >= 11 is 12.1. The minimum absolute atomic E-state index is 0.0799. The van der Waals surface area contributed by atoms with Gasteiger partial charge in [-0.25, -0.2) is 0 Å². The summed E-state index contributed by atoms with van der Waals surface area (Å²) in [7, 11) is 0. The lowest BCUT2D eigenvalue weighted by Gasteiger charge is -2.36. The third-order valence-corrected chi connectivity index (χ3v) is 5.06. The minimum atomic E-state index is 0.0799. The molecule has 1 saturated carbocycles. The maximum Gasteiger partial charge on any atom is 0.226 e. The van der Waals surface area contributed by atoms with E-state index in [4.69, 9.17) is 28.9 Å². The van der Waals surface area contributed by atoms with Gasteiger partial charge in [0.25, 0.3) is 0 Å². The molecule has 2 fully saturated rings. The van der Waals surface area contributed by atoms with E-state index in [-0.39, 0.29) is 29.8 Å². The van der Waals surface area contributed by atoms with Crippen molar-refractivity contribution in [1.29, 1.82) is 0 Å². The predicted molar refractivity (Wildman–Crippen MR) is 85.7 cm³/mol. The zero-order chi connectivity index (χ0) is 15.1. The molecular formula is C16H20Cl2N2O. The molecule has 0 bridgehead atoms. The fourth-order valence-electron chi connectivity index (χ4n) is 3.37. The van der Waals surface area contributed by atoms with Crippen LogP contribution in [0.4, 0.5) is 0 Å². The summed E-state index contributed by atoms with van der Waals surface area (Å²) in [5.41, 5.74) is 7.04. The molecule has 1 aromatic carbocycles. The van der Waals surface area contributed by atoms with Gasteiger partial charge in [-0.1, -0.05) is 23.2 Å². The van der Waals surface area contributed by atoms with E-state index in [1.54, 1.807) is 6.07 Å². The fraction of sp³-hybridized carbons (Fsp3) is 0.562. The highest BCUT2D eigenvalue weighted by Gasteiger charge is 2.47. The summed E-state index contributed by atoms with van der Waals surface area (Å²) in [5.74, 6) is 0.600. The van der Waals surface area contributed by atoms with Crippen LogP contribution in [0.15, 0.2) is 18.2 Å². The molecule has 3 rings (SSSR count). The molecule has 0 unspecified atom stereocenters. The highest BCUT2D eigenvalue weighted by molar-refractivity contribution is 6.34. The summed E-state index contributed by atoms with van der Waals surface area (Å²) in [4.78, 5) is 14.7. The number of piperidine rings is 1. The SMILES string of the molecule is C[C@@H]1C[C@H](N)CCN1C(=O)[C@H]1C[C@@H]1c1cc(Cl)cc(Cl)c1. The lowest BCUT2D eigenvalue weighted by Crippen LogP contribution is -2.49. The van der Waals surface area contributed by atoms with E-state index in [9.17, 15) is 4.79 Å². The van der Waals surface area contributed by atoms with E-state index in [2.05, 4.69) is 6.92 Å². The van der Waals surface area contributed by atoms with E-state index < -0.39 is 0 Å². The smallest absolute Gasteiger partial charge is 0.226 e. The van der Waals surface area contributed by atoms with Gasteiger partial charge in [0.05, 0.1) is 0 Å². The monoisotopic (exact) mass is 326 g/mol. The molecule has 0 spiro atoms. The van der Waals surface area contributed by atoms with Gasteiger partial charge in [0.15, 0.2) is 0 Å². The van der Waals surface area contributed by atoms with Crippen molar-refractivity contribution in [3.63, 3.8) is 0 Å². The van der Waals surface area contributed by atoms with Gasteiger partial charge in [-0.3, -0.25) is 4.79 Å². The summed E-state index contributed by atoms with van der Waals surface area (Å²) < 4.78 is 0. The second-order valence-corrected chi connectivity index (χ2v) is 7.19. The first-order valence-electron chi connectivity index (χ1n) is 7.47. The van der Waals surface area contributed by atoms with E-state index in [0.717, 1.165) is 31.4 Å². The Balaban J connectivity index is 1.68. The number of hydrogen-bond acceptors (Lipinski definition) is 2. The molecule has 1 saturated heterocycles. The normalized spacial score (nSPS) is 32.1. The van der Waals surface area contributed by atoms with Crippen molar-refractivity contribution < 1.29 is 4.79 Å². The number of carbonyl (C=O) groups excluding carboxylic acids is 1. The molecule has 1 amide bonds. The Hall–Kier alpha value is -0.770. The average molecular weight is 327 g/mol. The number of carbonyl (C=O) groups is 1. The first-order valence-corrected chi connectivity index (χ1v) is 8.23. The third-order valence-electron chi connectivity index (χ3n) is 4.62.